The summed E-state index contributed by atoms with van der Waals surface area (Å²) in [6, 6.07) is 19.1. The highest BCUT2D eigenvalue weighted by molar-refractivity contribution is 6.74. The van der Waals surface area contributed by atoms with Gasteiger partial charge in [0.15, 0.2) is 8.32 Å². The van der Waals surface area contributed by atoms with Crippen LogP contribution in [0.4, 0.5) is 10.5 Å². The van der Waals surface area contributed by atoms with Gasteiger partial charge in [-0.15, -0.1) is 0 Å². The summed E-state index contributed by atoms with van der Waals surface area (Å²) in [4.78, 5) is 27.2. The molecule has 0 spiro atoms. The summed E-state index contributed by atoms with van der Waals surface area (Å²) in [6.07, 6.45) is 4.24. The number of carbonyl (C=O) groups excluding carboxylic acids is 1. The van der Waals surface area contributed by atoms with Crippen molar-refractivity contribution in [1.29, 1.82) is 0 Å². The molecular formula is C32H42N4O4Si. The maximum absolute atomic E-state index is 12.9. The summed E-state index contributed by atoms with van der Waals surface area (Å²) >= 11 is 0. The number of hydrogen-bond donors (Lipinski definition) is 2. The third-order valence-electron chi connectivity index (χ3n) is 9.19. The van der Waals surface area contributed by atoms with Gasteiger partial charge in [-0.25, -0.2) is 4.79 Å². The monoisotopic (exact) mass is 574 g/mol. The summed E-state index contributed by atoms with van der Waals surface area (Å²) in [5.74, 6) is -0.0652. The van der Waals surface area contributed by atoms with Crippen LogP contribution in [-0.2, 0) is 22.1 Å². The van der Waals surface area contributed by atoms with Crippen molar-refractivity contribution in [2.24, 2.45) is 0 Å². The second kappa shape index (κ2) is 11.4. The number of likely N-dealkylation sites (tertiary alicyclic amines) is 1. The van der Waals surface area contributed by atoms with Gasteiger partial charge in [0.1, 0.15) is 6.04 Å². The molecule has 3 aromatic rings. The van der Waals surface area contributed by atoms with Crippen molar-refractivity contribution in [2.45, 2.75) is 95.2 Å². The van der Waals surface area contributed by atoms with Crippen molar-refractivity contribution < 1.29 is 19.1 Å². The van der Waals surface area contributed by atoms with Crippen LogP contribution in [0.15, 0.2) is 66.9 Å². The molecule has 1 fully saturated rings. The van der Waals surface area contributed by atoms with Crippen LogP contribution in [0.1, 0.15) is 69.0 Å². The van der Waals surface area contributed by atoms with Crippen LogP contribution >= 0.6 is 0 Å². The minimum Gasteiger partial charge on any atom is -0.465 e. The van der Waals surface area contributed by atoms with Gasteiger partial charge in [-0.1, -0.05) is 63.2 Å². The molecule has 41 heavy (non-hydrogen) atoms. The number of nitrogens with zero attached hydrogens (tertiary/aromatic N) is 3. The molecule has 2 N–H and O–H groups in total. The number of nitrogens with one attached hydrogen (secondary N) is 1. The Kier molecular flexibility index (Phi) is 8.12. The van der Waals surface area contributed by atoms with E-state index in [1.165, 1.54) is 0 Å². The molecule has 3 heterocycles. The lowest BCUT2D eigenvalue weighted by atomic mass is 10.0. The molecule has 0 radical (unpaired) electrons. The van der Waals surface area contributed by atoms with Gasteiger partial charge >= 0.3 is 6.09 Å². The number of benzene rings is 2. The van der Waals surface area contributed by atoms with Gasteiger partial charge in [0.05, 0.1) is 12.1 Å². The maximum Gasteiger partial charge on any atom is 0.407 e. The number of fused-ring (bicyclic) bond motifs is 1. The van der Waals surface area contributed by atoms with Gasteiger partial charge < -0.3 is 14.8 Å². The van der Waals surface area contributed by atoms with E-state index in [0.29, 0.717) is 6.42 Å². The van der Waals surface area contributed by atoms with E-state index in [0.717, 1.165) is 48.2 Å². The second-order valence-corrected chi connectivity index (χ2v) is 17.7. The van der Waals surface area contributed by atoms with Crippen LogP contribution in [0.5, 0.6) is 0 Å². The smallest absolute Gasteiger partial charge is 0.407 e. The van der Waals surface area contributed by atoms with E-state index in [-0.39, 0.29) is 35.2 Å². The molecule has 2 aliphatic rings. The summed E-state index contributed by atoms with van der Waals surface area (Å²) < 4.78 is 8.75. The molecule has 1 unspecified atom stereocenters. The van der Waals surface area contributed by atoms with Gasteiger partial charge in [-0.05, 0) is 79.6 Å². The van der Waals surface area contributed by atoms with Gasteiger partial charge in [-0.2, -0.15) is 5.10 Å². The van der Waals surface area contributed by atoms with Crippen LogP contribution in [-0.4, -0.2) is 52.2 Å². The first-order valence-electron chi connectivity index (χ1n) is 14.6. The fraction of sp³-hybridized carbons (Fsp3) is 0.469. The fourth-order valence-electron chi connectivity index (χ4n) is 5.90. The number of amides is 2. The van der Waals surface area contributed by atoms with E-state index in [1.807, 2.05) is 48.5 Å². The molecule has 0 saturated carbocycles. The van der Waals surface area contributed by atoms with Gasteiger partial charge in [-0.3, -0.25) is 14.4 Å². The first-order chi connectivity index (χ1) is 19.4. The number of rotatable bonds is 8. The number of carbonyl (C=O) groups is 2. The second-order valence-electron chi connectivity index (χ2n) is 12.9. The number of aryl methyl sites for hydroxylation is 1. The van der Waals surface area contributed by atoms with Crippen LogP contribution < -0.4 is 5.32 Å². The molecule has 0 aliphatic carbocycles. The lowest BCUT2D eigenvalue weighted by Crippen LogP contribution is -2.49. The molecule has 9 heteroatoms. The zero-order valence-corrected chi connectivity index (χ0v) is 25.7. The van der Waals surface area contributed by atoms with Crippen molar-refractivity contribution in [1.82, 2.24) is 14.7 Å². The molecule has 2 amide bonds. The summed E-state index contributed by atoms with van der Waals surface area (Å²) in [7, 11) is -2.18. The minimum absolute atomic E-state index is 0.00168. The Hall–Kier alpha value is -3.43. The molecule has 5 rings (SSSR count). The Balaban J connectivity index is 1.30. The van der Waals surface area contributed by atoms with Crippen LogP contribution in [0.3, 0.4) is 0 Å². The van der Waals surface area contributed by atoms with Crippen molar-refractivity contribution in [3.63, 3.8) is 0 Å². The molecule has 1 saturated heterocycles. The van der Waals surface area contributed by atoms with E-state index in [2.05, 4.69) is 56.4 Å². The Morgan fingerprint density at radius 3 is 2.41 bits per heavy atom. The molecule has 2 aromatic carbocycles. The van der Waals surface area contributed by atoms with Crippen molar-refractivity contribution in [3.05, 3.63) is 83.7 Å². The lowest BCUT2D eigenvalue weighted by molar-refractivity contribution is -0.119. The Bertz CT molecular complexity index is 1370. The van der Waals surface area contributed by atoms with E-state index >= 15 is 0 Å². The van der Waals surface area contributed by atoms with Crippen molar-refractivity contribution in [2.75, 3.05) is 5.32 Å². The molecule has 4 atom stereocenters. The van der Waals surface area contributed by atoms with E-state index in [9.17, 15) is 14.7 Å². The highest BCUT2D eigenvalue weighted by Crippen LogP contribution is 2.44. The standard InChI is InChI=1S/C32H42N4O4Si/c1-32(2,3)41(4,5)40-29(23-9-7-6-8-10-23)27-17-16-26(35(27)31(38)39)21-22-11-13-24(14-12-22)34-30(37)28-18-15-25-19-20-33-36(25)28/h6-14,19-20,26-29H,15-18,21H2,1-5H3,(H,34,37)(H,38,39)/t26-,27+,28+,29?/m0/s1. The third-order valence-corrected chi connectivity index (χ3v) is 13.6. The highest BCUT2D eigenvalue weighted by atomic mass is 28.4. The molecule has 0 bridgehead atoms. The summed E-state index contributed by atoms with van der Waals surface area (Å²) in [5, 5.41) is 17.7. The van der Waals surface area contributed by atoms with Gasteiger partial charge in [0.2, 0.25) is 5.91 Å². The average Bonchev–Trinajstić information content (AvgIpc) is 3.64. The predicted octanol–water partition coefficient (Wildman–Crippen LogP) is 6.83. The lowest BCUT2D eigenvalue weighted by Gasteiger charge is -2.42. The van der Waals surface area contributed by atoms with Crippen LogP contribution in [0, 0.1) is 0 Å². The molecular weight excluding hydrogens is 532 g/mol. The minimum atomic E-state index is -2.18. The number of anilines is 1. The molecule has 2 aliphatic heterocycles. The van der Waals surface area contributed by atoms with E-state index in [4.69, 9.17) is 4.43 Å². The number of aromatic nitrogens is 2. The fourth-order valence-corrected chi connectivity index (χ4v) is 7.19. The van der Waals surface area contributed by atoms with Gasteiger partial charge in [0, 0.05) is 23.6 Å². The average molecular weight is 575 g/mol. The van der Waals surface area contributed by atoms with E-state index in [1.54, 1.807) is 15.8 Å². The van der Waals surface area contributed by atoms with Gasteiger partial charge in [0.25, 0.3) is 0 Å². The normalized spacial score (nSPS) is 21.5. The summed E-state index contributed by atoms with van der Waals surface area (Å²) in [5.41, 5.74) is 3.88. The first kappa shape index (κ1) is 29.1. The van der Waals surface area contributed by atoms with Crippen LogP contribution in [0.2, 0.25) is 18.1 Å². The quantitative estimate of drug-likeness (QED) is 0.288. The highest BCUT2D eigenvalue weighted by Gasteiger charge is 2.46. The zero-order chi connectivity index (χ0) is 29.4. The third kappa shape index (κ3) is 6.11. The summed E-state index contributed by atoms with van der Waals surface area (Å²) in [6.45, 7) is 11.1. The molecule has 1 aromatic heterocycles. The Morgan fingerprint density at radius 1 is 1.05 bits per heavy atom. The first-order valence-corrected chi connectivity index (χ1v) is 17.5. The van der Waals surface area contributed by atoms with Crippen molar-refractivity contribution in [3.8, 4) is 0 Å². The largest absolute Gasteiger partial charge is 0.465 e. The number of carboxylic acid groups (broad SMARTS) is 1. The predicted molar refractivity (Wildman–Crippen MR) is 162 cm³/mol. The molecule has 218 valence electrons. The van der Waals surface area contributed by atoms with E-state index < -0.39 is 14.4 Å². The number of hydrogen-bond acceptors (Lipinski definition) is 4. The Labute approximate surface area is 243 Å². The molecule has 8 nitrogen and oxygen atoms in total. The zero-order valence-electron chi connectivity index (χ0n) is 24.7. The van der Waals surface area contributed by atoms with Crippen LogP contribution in [0.25, 0.3) is 0 Å². The van der Waals surface area contributed by atoms with Crippen molar-refractivity contribution >= 4 is 26.0 Å². The SMILES string of the molecule is CC(C)(C)[Si](C)(C)OC(c1ccccc1)[C@H]1CC[C@@H](Cc2ccc(NC(=O)[C@H]3CCc4ccnn43)cc2)N1C(=O)O. The topological polar surface area (TPSA) is 96.7 Å². The maximum atomic E-state index is 12.9. The Morgan fingerprint density at radius 2 is 1.76 bits per heavy atom.